The Labute approximate surface area is 115 Å². The lowest BCUT2D eigenvalue weighted by atomic mass is 10.2. The Kier molecular flexibility index (Phi) is 3.33. The van der Waals surface area contributed by atoms with Crippen LogP contribution in [0.2, 0.25) is 0 Å². The van der Waals surface area contributed by atoms with Crippen LogP contribution in [0.4, 0.5) is 10.5 Å². The van der Waals surface area contributed by atoms with E-state index in [1.165, 1.54) is 0 Å². The molecule has 0 aliphatic carbocycles. The van der Waals surface area contributed by atoms with E-state index in [-0.39, 0.29) is 6.03 Å². The molecule has 0 spiro atoms. The molecule has 3 rings (SSSR count). The number of benzene rings is 1. The summed E-state index contributed by atoms with van der Waals surface area (Å²) >= 11 is 1.89. The number of fused-ring (bicyclic) bond motifs is 1. The summed E-state index contributed by atoms with van der Waals surface area (Å²) in [5, 5.41) is 8.19. The van der Waals surface area contributed by atoms with Crippen LogP contribution in [0, 0.1) is 0 Å². The molecule has 100 valence electrons. The van der Waals surface area contributed by atoms with Crippen molar-refractivity contribution in [3.05, 3.63) is 24.4 Å². The van der Waals surface area contributed by atoms with Crippen molar-refractivity contribution in [3.8, 4) is 0 Å². The molecule has 0 saturated carbocycles. The number of amides is 2. The van der Waals surface area contributed by atoms with E-state index in [0.29, 0.717) is 0 Å². The first-order chi connectivity index (χ1) is 9.24. The van der Waals surface area contributed by atoms with Crippen molar-refractivity contribution in [2.45, 2.75) is 0 Å². The number of hydrogen-bond donors (Lipinski definition) is 1. The van der Waals surface area contributed by atoms with Gasteiger partial charge in [-0.1, -0.05) is 0 Å². The van der Waals surface area contributed by atoms with Crippen molar-refractivity contribution in [3.63, 3.8) is 0 Å². The van der Waals surface area contributed by atoms with Crippen LogP contribution in [0.25, 0.3) is 10.9 Å². The molecular formula is C13H16N4OS. The predicted molar refractivity (Wildman–Crippen MR) is 78.6 cm³/mol. The van der Waals surface area contributed by atoms with E-state index >= 15 is 0 Å². The monoisotopic (exact) mass is 276 g/mol. The molecule has 1 fully saturated rings. The van der Waals surface area contributed by atoms with E-state index in [2.05, 4.69) is 10.4 Å². The summed E-state index contributed by atoms with van der Waals surface area (Å²) in [5.74, 6) is 2.05. The lowest BCUT2D eigenvalue weighted by Crippen LogP contribution is -2.40. The van der Waals surface area contributed by atoms with Gasteiger partial charge in [0.05, 0.1) is 11.7 Å². The van der Waals surface area contributed by atoms with Crippen molar-refractivity contribution < 1.29 is 4.79 Å². The fourth-order valence-corrected chi connectivity index (χ4v) is 3.11. The summed E-state index contributed by atoms with van der Waals surface area (Å²) in [7, 11) is 1.91. The number of aryl methyl sites for hydroxylation is 1. The van der Waals surface area contributed by atoms with Gasteiger partial charge in [-0.25, -0.2) is 4.79 Å². The van der Waals surface area contributed by atoms with Gasteiger partial charge in [-0.3, -0.25) is 4.68 Å². The number of nitrogens with one attached hydrogen (secondary N) is 1. The zero-order chi connectivity index (χ0) is 13.2. The molecule has 1 aromatic carbocycles. The molecule has 2 heterocycles. The van der Waals surface area contributed by atoms with Gasteiger partial charge in [0.2, 0.25) is 0 Å². The van der Waals surface area contributed by atoms with Crippen LogP contribution in [-0.4, -0.2) is 45.3 Å². The van der Waals surface area contributed by atoms with Crippen LogP contribution >= 0.6 is 11.8 Å². The summed E-state index contributed by atoms with van der Waals surface area (Å²) in [6, 6.07) is 5.84. The van der Waals surface area contributed by atoms with Gasteiger partial charge in [0.15, 0.2) is 0 Å². The zero-order valence-electron chi connectivity index (χ0n) is 10.8. The molecule has 6 heteroatoms. The molecule has 1 saturated heterocycles. The van der Waals surface area contributed by atoms with Crippen molar-refractivity contribution in [2.24, 2.45) is 7.05 Å². The van der Waals surface area contributed by atoms with Crippen molar-refractivity contribution in [1.82, 2.24) is 14.7 Å². The highest BCUT2D eigenvalue weighted by Crippen LogP contribution is 2.19. The van der Waals surface area contributed by atoms with E-state index in [1.54, 1.807) is 0 Å². The highest BCUT2D eigenvalue weighted by molar-refractivity contribution is 7.99. The van der Waals surface area contributed by atoms with Gasteiger partial charge in [0.1, 0.15) is 0 Å². The first-order valence-corrected chi connectivity index (χ1v) is 7.45. The maximum Gasteiger partial charge on any atom is 0.321 e. The highest BCUT2D eigenvalue weighted by atomic mass is 32.2. The van der Waals surface area contributed by atoms with Crippen molar-refractivity contribution >= 4 is 34.4 Å². The Balaban J connectivity index is 1.75. The number of aromatic nitrogens is 2. The lowest BCUT2D eigenvalue weighted by molar-refractivity contribution is 0.217. The fraction of sp³-hybridized carbons (Fsp3) is 0.385. The Morgan fingerprint density at radius 1 is 1.37 bits per heavy atom. The number of hydrogen-bond acceptors (Lipinski definition) is 3. The Morgan fingerprint density at radius 2 is 2.16 bits per heavy atom. The molecule has 1 N–H and O–H groups in total. The second kappa shape index (κ2) is 5.13. The first kappa shape index (κ1) is 12.3. The normalized spacial score (nSPS) is 15.7. The molecule has 1 aromatic heterocycles. The van der Waals surface area contributed by atoms with Crippen LogP contribution in [0.1, 0.15) is 0 Å². The topological polar surface area (TPSA) is 50.2 Å². The fourth-order valence-electron chi connectivity index (χ4n) is 2.21. The van der Waals surface area contributed by atoms with E-state index in [4.69, 9.17) is 0 Å². The van der Waals surface area contributed by atoms with Crippen LogP contribution in [-0.2, 0) is 7.05 Å². The van der Waals surface area contributed by atoms with Gasteiger partial charge < -0.3 is 10.2 Å². The van der Waals surface area contributed by atoms with Crippen LogP contribution < -0.4 is 5.32 Å². The number of urea groups is 1. The zero-order valence-corrected chi connectivity index (χ0v) is 11.6. The molecule has 1 aliphatic rings. The van der Waals surface area contributed by atoms with Gasteiger partial charge in [-0.05, 0) is 18.2 Å². The third-order valence-corrected chi connectivity index (χ3v) is 4.24. The first-order valence-electron chi connectivity index (χ1n) is 6.29. The summed E-state index contributed by atoms with van der Waals surface area (Å²) in [4.78, 5) is 14.0. The maximum absolute atomic E-state index is 12.1. The molecule has 0 unspecified atom stereocenters. The van der Waals surface area contributed by atoms with Gasteiger partial charge in [0.25, 0.3) is 0 Å². The Morgan fingerprint density at radius 3 is 2.95 bits per heavy atom. The second-order valence-corrected chi connectivity index (χ2v) is 5.80. The molecule has 1 aliphatic heterocycles. The third kappa shape index (κ3) is 2.53. The van der Waals surface area contributed by atoms with Crippen LogP contribution in [0.5, 0.6) is 0 Å². The highest BCUT2D eigenvalue weighted by Gasteiger charge is 2.16. The average Bonchev–Trinajstić information content (AvgIpc) is 2.81. The largest absolute Gasteiger partial charge is 0.323 e. The molecule has 19 heavy (non-hydrogen) atoms. The maximum atomic E-state index is 12.1. The number of carbonyl (C=O) groups is 1. The number of thioether (sulfide) groups is 1. The standard InChI is InChI=1S/C13H16N4OS/c1-16-12-3-2-11(8-10(12)9-14-16)15-13(18)17-4-6-19-7-5-17/h2-3,8-9H,4-7H2,1H3,(H,15,18). The van der Waals surface area contributed by atoms with Gasteiger partial charge in [-0.15, -0.1) is 0 Å². The minimum atomic E-state index is -0.0106. The molecule has 5 nitrogen and oxygen atoms in total. The molecule has 0 radical (unpaired) electrons. The van der Waals surface area contributed by atoms with E-state index in [0.717, 1.165) is 41.2 Å². The SMILES string of the molecule is Cn1ncc2cc(NC(=O)N3CCSCC3)ccc21. The summed E-state index contributed by atoms with van der Waals surface area (Å²) in [6.07, 6.45) is 1.81. The quantitative estimate of drug-likeness (QED) is 0.868. The van der Waals surface area contributed by atoms with E-state index in [1.807, 2.05) is 52.8 Å². The number of nitrogens with zero attached hydrogens (tertiary/aromatic N) is 3. The third-order valence-electron chi connectivity index (χ3n) is 3.30. The van der Waals surface area contributed by atoms with Gasteiger partial charge in [-0.2, -0.15) is 16.9 Å². The summed E-state index contributed by atoms with van der Waals surface area (Å²) in [6.45, 7) is 1.65. The predicted octanol–water partition coefficient (Wildman–Crippen LogP) is 2.15. The smallest absolute Gasteiger partial charge is 0.321 e. The molecule has 2 amide bonds. The molecule has 0 atom stereocenters. The Hall–Kier alpha value is -1.69. The minimum Gasteiger partial charge on any atom is -0.323 e. The summed E-state index contributed by atoms with van der Waals surface area (Å²) < 4.78 is 1.82. The average molecular weight is 276 g/mol. The number of carbonyl (C=O) groups excluding carboxylic acids is 1. The van der Waals surface area contributed by atoms with Gasteiger partial charge >= 0.3 is 6.03 Å². The lowest BCUT2D eigenvalue weighted by Gasteiger charge is -2.26. The molecular weight excluding hydrogens is 260 g/mol. The Bertz CT molecular complexity index is 604. The van der Waals surface area contributed by atoms with Crippen molar-refractivity contribution in [1.29, 1.82) is 0 Å². The number of anilines is 1. The second-order valence-electron chi connectivity index (χ2n) is 4.57. The summed E-state index contributed by atoms with van der Waals surface area (Å²) in [5.41, 5.74) is 1.89. The van der Waals surface area contributed by atoms with Crippen LogP contribution in [0.3, 0.4) is 0 Å². The molecule has 2 aromatic rings. The van der Waals surface area contributed by atoms with Gasteiger partial charge in [0, 0.05) is 42.7 Å². The van der Waals surface area contributed by atoms with Crippen molar-refractivity contribution in [2.75, 3.05) is 29.9 Å². The minimum absolute atomic E-state index is 0.0106. The molecule has 0 bridgehead atoms. The van der Waals surface area contributed by atoms with E-state index in [9.17, 15) is 4.79 Å². The van der Waals surface area contributed by atoms with Crippen LogP contribution in [0.15, 0.2) is 24.4 Å². The number of rotatable bonds is 1. The van der Waals surface area contributed by atoms with E-state index < -0.39 is 0 Å².